The molecule has 19 heavy (non-hydrogen) atoms. The van der Waals surface area contributed by atoms with Crippen LogP contribution in [0.4, 0.5) is 0 Å². The molecule has 1 atom stereocenters. The van der Waals surface area contributed by atoms with Crippen molar-refractivity contribution >= 4 is 6.21 Å². The normalized spacial score (nSPS) is 17.9. The Bertz CT molecular complexity index is 480. The molecule has 1 aliphatic rings. The molecule has 0 N–H and O–H groups in total. The first kappa shape index (κ1) is 15.4. The molecular weight excluding hydrogens is 230 g/mol. The van der Waals surface area contributed by atoms with Crippen LogP contribution in [-0.4, -0.2) is 13.3 Å². The van der Waals surface area contributed by atoms with Crippen LogP contribution in [0.1, 0.15) is 42.9 Å². The number of fused-ring (bicyclic) bond motifs is 1. The third-order valence-electron chi connectivity index (χ3n) is 3.37. The Kier molecular flexibility index (Phi) is 6.27. The average Bonchev–Trinajstić information content (AvgIpc) is 2.50. The van der Waals surface area contributed by atoms with Gasteiger partial charge in [-0.1, -0.05) is 55.0 Å². The van der Waals surface area contributed by atoms with Crippen LogP contribution in [0, 0.1) is 6.92 Å². The van der Waals surface area contributed by atoms with Gasteiger partial charge < -0.3 is 0 Å². The van der Waals surface area contributed by atoms with E-state index < -0.39 is 0 Å². The SMILES string of the molecule is C=CC=NC.CC1=CC(C)c2ccc(C)cc2CC1. The molecule has 0 saturated carbocycles. The second-order valence-electron chi connectivity index (χ2n) is 5.15. The van der Waals surface area contributed by atoms with Crippen LogP contribution in [0.3, 0.4) is 0 Å². The summed E-state index contributed by atoms with van der Waals surface area (Å²) in [4.78, 5) is 3.61. The summed E-state index contributed by atoms with van der Waals surface area (Å²) in [6.45, 7) is 10.1. The molecule has 1 aliphatic carbocycles. The first-order valence-electron chi connectivity index (χ1n) is 6.88. The summed E-state index contributed by atoms with van der Waals surface area (Å²) < 4.78 is 0. The Hall–Kier alpha value is -1.63. The van der Waals surface area contributed by atoms with Crippen LogP contribution in [0.5, 0.6) is 0 Å². The molecule has 1 heteroatoms. The topological polar surface area (TPSA) is 12.4 Å². The second kappa shape index (κ2) is 7.73. The summed E-state index contributed by atoms with van der Waals surface area (Å²) in [7, 11) is 1.71. The van der Waals surface area contributed by atoms with E-state index >= 15 is 0 Å². The van der Waals surface area contributed by atoms with Gasteiger partial charge in [-0.25, -0.2) is 0 Å². The molecule has 0 aromatic heterocycles. The molecule has 102 valence electrons. The maximum Gasteiger partial charge on any atom is 0.0277 e. The van der Waals surface area contributed by atoms with E-state index in [9.17, 15) is 0 Å². The molecule has 1 nitrogen and oxygen atoms in total. The highest BCUT2D eigenvalue weighted by Crippen LogP contribution is 2.29. The number of nitrogens with zero attached hydrogens (tertiary/aromatic N) is 1. The van der Waals surface area contributed by atoms with E-state index in [2.05, 4.69) is 56.6 Å². The van der Waals surface area contributed by atoms with Gasteiger partial charge in [0.15, 0.2) is 0 Å². The van der Waals surface area contributed by atoms with E-state index in [-0.39, 0.29) is 0 Å². The predicted octanol–water partition coefficient (Wildman–Crippen LogP) is 4.86. The van der Waals surface area contributed by atoms with E-state index in [1.165, 1.54) is 29.5 Å². The summed E-state index contributed by atoms with van der Waals surface area (Å²) in [5.41, 5.74) is 5.99. The van der Waals surface area contributed by atoms with Gasteiger partial charge in [0.25, 0.3) is 0 Å². The van der Waals surface area contributed by atoms with Gasteiger partial charge >= 0.3 is 0 Å². The molecule has 2 rings (SSSR count). The van der Waals surface area contributed by atoms with Gasteiger partial charge in [0, 0.05) is 13.3 Å². The van der Waals surface area contributed by atoms with Crippen molar-refractivity contribution in [2.24, 2.45) is 4.99 Å². The van der Waals surface area contributed by atoms with Crippen molar-refractivity contribution in [1.82, 2.24) is 0 Å². The number of benzene rings is 1. The monoisotopic (exact) mass is 255 g/mol. The largest absolute Gasteiger partial charge is 0.297 e. The Balaban J connectivity index is 0.000000312. The van der Waals surface area contributed by atoms with Gasteiger partial charge in [0.1, 0.15) is 0 Å². The molecular formula is C18H25N. The molecule has 0 saturated heterocycles. The Morgan fingerprint density at radius 3 is 2.58 bits per heavy atom. The first-order chi connectivity index (χ1) is 9.08. The second-order valence-corrected chi connectivity index (χ2v) is 5.15. The molecule has 1 unspecified atom stereocenters. The standard InChI is InChI=1S/C14H18.C4H7N/c1-10-4-6-13-9-11(2)5-7-14(13)12(3)8-10;1-3-4-5-2/h5,7-9,12H,4,6H2,1-3H3;3-4H,1H2,2H3. The van der Waals surface area contributed by atoms with E-state index in [0.717, 1.165) is 0 Å². The van der Waals surface area contributed by atoms with Crippen molar-refractivity contribution in [3.05, 3.63) is 59.2 Å². The Labute approximate surface area is 117 Å². The zero-order valence-corrected chi connectivity index (χ0v) is 12.6. The van der Waals surface area contributed by atoms with Gasteiger partial charge in [-0.05, 0) is 43.7 Å². The Morgan fingerprint density at radius 2 is 2.00 bits per heavy atom. The number of rotatable bonds is 1. The van der Waals surface area contributed by atoms with E-state index in [1.54, 1.807) is 24.9 Å². The van der Waals surface area contributed by atoms with Gasteiger partial charge in [-0.3, -0.25) is 4.99 Å². The highest BCUT2D eigenvalue weighted by Gasteiger charge is 2.12. The minimum atomic E-state index is 0.591. The molecule has 1 aromatic carbocycles. The number of allylic oxidation sites excluding steroid dienone is 3. The lowest BCUT2D eigenvalue weighted by atomic mass is 9.94. The third-order valence-corrected chi connectivity index (χ3v) is 3.37. The highest BCUT2D eigenvalue weighted by molar-refractivity contribution is 5.69. The fraction of sp³-hybridized carbons (Fsp3) is 0.389. The zero-order valence-electron chi connectivity index (χ0n) is 12.6. The van der Waals surface area contributed by atoms with E-state index in [0.29, 0.717) is 5.92 Å². The highest BCUT2D eigenvalue weighted by atomic mass is 14.6. The van der Waals surface area contributed by atoms with Gasteiger partial charge in [-0.2, -0.15) is 0 Å². The summed E-state index contributed by atoms with van der Waals surface area (Å²) >= 11 is 0. The number of aryl methyl sites for hydroxylation is 2. The lowest BCUT2D eigenvalue weighted by molar-refractivity contribution is 0.935. The van der Waals surface area contributed by atoms with Crippen LogP contribution in [0.15, 0.2) is 47.5 Å². The van der Waals surface area contributed by atoms with Crippen LogP contribution in [0.25, 0.3) is 0 Å². The zero-order chi connectivity index (χ0) is 14.3. The molecule has 0 aliphatic heterocycles. The summed E-state index contributed by atoms with van der Waals surface area (Å²) in [6.07, 6.45) is 8.12. The maximum atomic E-state index is 3.61. The van der Waals surface area contributed by atoms with Crippen LogP contribution < -0.4 is 0 Å². The van der Waals surface area contributed by atoms with Crippen molar-refractivity contribution in [3.8, 4) is 0 Å². The predicted molar refractivity (Wildman–Crippen MR) is 86.3 cm³/mol. The summed E-state index contributed by atoms with van der Waals surface area (Å²) in [5, 5.41) is 0. The van der Waals surface area contributed by atoms with Crippen LogP contribution >= 0.6 is 0 Å². The van der Waals surface area contributed by atoms with Gasteiger partial charge in [0.2, 0.25) is 0 Å². The quantitative estimate of drug-likeness (QED) is 0.502. The van der Waals surface area contributed by atoms with Gasteiger partial charge in [-0.15, -0.1) is 0 Å². The minimum absolute atomic E-state index is 0.591. The van der Waals surface area contributed by atoms with Crippen molar-refractivity contribution < 1.29 is 0 Å². The average molecular weight is 255 g/mol. The van der Waals surface area contributed by atoms with Crippen molar-refractivity contribution in [2.75, 3.05) is 7.05 Å². The molecule has 0 amide bonds. The van der Waals surface area contributed by atoms with Crippen LogP contribution in [0.2, 0.25) is 0 Å². The molecule has 0 radical (unpaired) electrons. The molecule has 0 heterocycles. The van der Waals surface area contributed by atoms with Crippen molar-refractivity contribution in [2.45, 2.75) is 39.5 Å². The van der Waals surface area contributed by atoms with Crippen LogP contribution in [-0.2, 0) is 6.42 Å². The van der Waals surface area contributed by atoms with E-state index in [1.807, 2.05) is 0 Å². The first-order valence-corrected chi connectivity index (χ1v) is 6.88. The third kappa shape index (κ3) is 4.86. The summed E-state index contributed by atoms with van der Waals surface area (Å²) in [5.74, 6) is 0.591. The maximum absolute atomic E-state index is 3.61. The molecule has 1 aromatic rings. The van der Waals surface area contributed by atoms with Gasteiger partial charge in [0.05, 0.1) is 0 Å². The van der Waals surface area contributed by atoms with Crippen molar-refractivity contribution in [1.29, 1.82) is 0 Å². The summed E-state index contributed by atoms with van der Waals surface area (Å²) in [6, 6.07) is 6.87. The number of aliphatic imine (C=N–C) groups is 1. The van der Waals surface area contributed by atoms with Crippen molar-refractivity contribution in [3.63, 3.8) is 0 Å². The fourth-order valence-corrected chi connectivity index (χ4v) is 2.43. The molecule has 0 fully saturated rings. The number of hydrogen-bond acceptors (Lipinski definition) is 1. The van der Waals surface area contributed by atoms with E-state index in [4.69, 9.17) is 0 Å². The lowest BCUT2D eigenvalue weighted by Gasteiger charge is -2.11. The fourth-order valence-electron chi connectivity index (χ4n) is 2.43. The number of hydrogen-bond donors (Lipinski definition) is 0. The lowest BCUT2D eigenvalue weighted by Crippen LogP contribution is -1.95. The Morgan fingerprint density at radius 1 is 1.26 bits per heavy atom. The molecule has 0 spiro atoms. The minimum Gasteiger partial charge on any atom is -0.297 e. The molecule has 0 bridgehead atoms. The smallest absolute Gasteiger partial charge is 0.0277 e.